The molecule has 0 fully saturated rings. The number of hydrogen-bond acceptors (Lipinski definition) is 2. The first kappa shape index (κ1) is 21.9. The van der Waals surface area contributed by atoms with Gasteiger partial charge in [-0.1, -0.05) is 44.0 Å². The second-order valence-electron chi connectivity index (χ2n) is 7.28. The minimum absolute atomic E-state index is 0. The third-order valence-electron chi connectivity index (χ3n) is 3.10. The van der Waals surface area contributed by atoms with Gasteiger partial charge in [-0.05, 0) is 44.7 Å². The minimum Gasteiger partial charge on any atom is -0.492 e. The molecule has 0 aliphatic heterocycles. The van der Waals surface area contributed by atoms with Gasteiger partial charge in [0.05, 0.1) is 11.6 Å². The van der Waals surface area contributed by atoms with Gasteiger partial charge in [0, 0.05) is 22.7 Å². The standard InChI is InChI=1S/C17H27Cl2NO.ClH/c1-7-21-15-12(8-13(18)9-14(15)19)10-20-17(5,6)11-16(2,3)4;/h8-9,20H,7,10-11H2,1-6H3;1H. The van der Waals surface area contributed by atoms with Crippen molar-refractivity contribution in [3.05, 3.63) is 27.7 Å². The Kier molecular flexibility index (Phi) is 8.57. The average molecular weight is 369 g/mol. The molecule has 2 nitrogen and oxygen atoms in total. The molecule has 0 atom stereocenters. The summed E-state index contributed by atoms with van der Waals surface area (Å²) in [5, 5.41) is 4.79. The summed E-state index contributed by atoms with van der Waals surface area (Å²) in [5.74, 6) is 0.725. The van der Waals surface area contributed by atoms with Gasteiger partial charge in [0.1, 0.15) is 5.75 Å². The first-order valence-corrected chi connectivity index (χ1v) is 8.15. The Bertz CT molecular complexity index is 482. The Morgan fingerprint density at radius 2 is 1.68 bits per heavy atom. The molecule has 5 heteroatoms. The van der Waals surface area contributed by atoms with E-state index in [9.17, 15) is 0 Å². The lowest BCUT2D eigenvalue weighted by Gasteiger charge is -2.33. The molecule has 0 radical (unpaired) electrons. The van der Waals surface area contributed by atoms with Gasteiger partial charge in [0.15, 0.2) is 0 Å². The third-order valence-corrected chi connectivity index (χ3v) is 3.60. The Morgan fingerprint density at radius 1 is 1.09 bits per heavy atom. The average Bonchev–Trinajstić information content (AvgIpc) is 2.27. The minimum atomic E-state index is 0. The third kappa shape index (κ3) is 7.41. The summed E-state index contributed by atoms with van der Waals surface area (Å²) in [6, 6.07) is 3.64. The van der Waals surface area contributed by atoms with Gasteiger partial charge in [-0.3, -0.25) is 0 Å². The molecule has 0 aliphatic carbocycles. The zero-order valence-corrected chi connectivity index (χ0v) is 16.7. The first-order chi connectivity index (χ1) is 9.54. The van der Waals surface area contributed by atoms with E-state index in [4.69, 9.17) is 27.9 Å². The van der Waals surface area contributed by atoms with Crippen molar-refractivity contribution in [2.75, 3.05) is 6.61 Å². The molecular weight excluding hydrogens is 341 g/mol. The summed E-state index contributed by atoms with van der Waals surface area (Å²) in [7, 11) is 0. The number of rotatable bonds is 6. The summed E-state index contributed by atoms with van der Waals surface area (Å²) in [6.07, 6.45) is 1.07. The molecule has 1 rings (SSSR count). The fourth-order valence-electron chi connectivity index (χ4n) is 2.77. The number of benzene rings is 1. The summed E-state index contributed by atoms with van der Waals surface area (Å²) >= 11 is 12.3. The lowest BCUT2D eigenvalue weighted by Crippen LogP contribution is -2.41. The van der Waals surface area contributed by atoms with Crippen molar-refractivity contribution >= 4 is 35.6 Å². The number of nitrogens with one attached hydrogen (secondary N) is 1. The lowest BCUT2D eigenvalue weighted by molar-refractivity contribution is 0.239. The van der Waals surface area contributed by atoms with Crippen LogP contribution in [0.4, 0.5) is 0 Å². The van der Waals surface area contributed by atoms with E-state index >= 15 is 0 Å². The molecule has 0 spiro atoms. The smallest absolute Gasteiger partial charge is 0.142 e. The summed E-state index contributed by atoms with van der Waals surface area (Å²) < 4.78 is 5.66. The van der Waals surface area contributed by atoms with Crippen molar-refractivity contribution in [1.29, 1.82) is 0 Å². The van der Waals surface area contributed by atoms with Crippen LogP contribution in [-0.2, 0) is 6.54 Å². The molecule has 1 N–H and O–H groups in total. The maximum Gasteiger partial charge on any atom is 0.142 e. The predicted octanol–water partition coefficient (Wildman–Crippen LogP) is 6.12. The van der Waals surface area contributed by atoms with E-state index < -0.39 is 0 Å². The van der Waals surface area contributed by atoms with E-state index in [1.807, 2.05) is 13.0 Å². The van der Waals surface area contributed by atoms with Crippen LogP contribution in [0.15, 0.2) is 12.1 Å². The van der Waals surface area contributed by atoms with Crippen LogP contribution in [0.1, 0.15) is 53.5 Å². The topological polar surface area (TPSA) is 21.3 Å². The molecular formula is C17H28Cl3NO. The van der Waals surface area contributed by atoms with Crippen LogP contribution in [0.3, 0.4) is 0 Å². The quantitative estimate of drug-likeness (QED) is 0.653. The van der Waals surface area contributed by atoms with Gasteiger partial charge in [-0.15, -0.1) is 12.4 Å². The second-order valence-corrected chi connectivity index (χ2v) is 8.13. The molecule has 0 amide bonds. The van der Waals surface area contributed by atoms with Crippen LogP contribution in [-0.4, -0.2) is 12.1 Å². The van der Waals surface area contributed by atoms with Crippen molar-refractivity contribution in [2.24, 2.45) is 5.41 Å². The normalized spacial score (nSPS) is 12.0. The largest absolute Gasteiger partial charge is 0.492 e. The predicted molar refractivity (Wildman–Crippen MR) is 99.9 cm³/mol. The highest BCUT2D eigenvalue weighted by atomic mass is 35.5. The summed E-state index contributed by atoms with van der Waals surface area (Å²) in [5.41, 5.74) is 1.29. The van der Waals surface area contributed by atoms with E-state index in [1.54, 1.807) is 6.07 Å². The molecule has 0 heterocycles. The molecule has 0 aliphatic rings. The Hall–Kier alpha value is -0.150. The fraction of sp³-hybridized carbons (Fsp3) is 0.647. The number of halogens is 3. The van der Waals surface area contributed by atoms with E-state index in [-0.39, 0.29) is 23.4 Å². The molecule has 1 aromatic carbocycles. The van der Waals surface area contributed by atoms with Gasteiger partial charge in [-0.2, -0.15) is 0 Å². The Labute approximate surface area is 151 Å². The maximum atomic E-state index is 6.23. The summed E-state index contributed by atoms with van der Waals surface area (Å²) in [4.78, 5) is 0. The molecule has 0 saturated heterocycles. The van der Waals surface area contributed by atoms with Crippen molar-refractivity contribution < 1.29 is 4.74 Å². The Morgan fingerprint density at radius 3 is 2.18 bits per heavy atom. The van der Waals surface area contributed by atoms with Crippen LogP contribution in [0.2, 0.25) is 10.0 Å². The molecule has 0 aromatic heterocycles. The van der Waals surface area contributed by atoms with Gasteiger partial charge >= 0.3 is 0 Å². The van der Waals surface area contributed by atoms with Crippen LogP contribution in [0.25, 0.3) is 0 Å². The van der Waals surface area contributed by atoms with Crippen molar-refractivity contribution in [2.45, 2.75) is 60.0 Å². The van der Waals surface area contributed by atoms with Gasteiger partial charge in [0.2, 0.25) is 0 Å². The van der Waals surface area contributed by atoms with Crippen LogP contribution >= 0.6 is 35.6 Å². The molecule has 22 heavy (non-hydrogen) atoms. The molecule has 0 saturated carbocycles. The van der Waals surface area contributed by atoms with Gasteiger partial charge in [0.25, 0.3) is 0 Å². The second kappa shape index (κ2) is 8.63. The molecule has 128 valence electrons. The van der Waals surface area contributed by atoms with Crippen LogP contribution in [0, 0.1) is 5.41 Å². The van der Waals surface area contributed by atoms with Crippen LogP contribution in [0.5, 0.6) is 5.75 Å². The zero-order valence-electron chi connectivity index (χ0n) is 14.3. The maximum absolute atomic E-state index is 6.23. The van der Waals surface area contributed by atoms with Gasteiger partial charge < -0.3 is 10.1 Å². The monoisotopic (exact) mass is 367 g/mol. The SMILES string of the molecule is CCOc1c(Cl)cc(Cl)cc1CNC(C)(C)CC(C)(C)C.Cl. The first-order valence-electron chi connectivity index (χ1n) is 7.40. The molecule has 0 bridgehead atoms. The van der Waals surface area contributed by atoms with Crippen molar-refractivity contribution in [3.8, 4) is 5.75 Å². The number of ether oxygens (including phenoxy) is 1. The highest BCUT2D eigenvalue weighted by Crippen LogP contribution is 2.33. The van der Waals surface area contributed by atoms with E-state index in [1.165, 1.54) is 0 Å². The molecule has 1 aromatic rings. The van der Waals surface area contributed by atoms with Gasteiger partial charge in [-0.25, -0.2) is 0 Å². The Balaban J connectivity index is 0.00000441. The molecule has 0 unspecified atom stereocenters. The fourth-order valence-corrected chi connectivity index (χ4v) is 3.36. The number of hydrogen-bond donors (Lipinski definition) is 1. The van der Waals surface area contributed by atoms with Crippen molar-refractivity contribution in [1.82, 2.24) is 5.32 Å². The highest BCUT2D eigenvalue weighted by Gasteiger charge is 2.25. The van der Waals surface area contributed by atoms with E-state index in [2.05, 4.69) is 39.9 Å². The summed E-state index contributed by atoms with van der Waals surface area (Å²) in [6.45, 7) is 14.4. The van der Waals surface area contributed by atoms with E-state index in [0.29, 0.717) is 23.2 Å². The van der Waals surface area contributed by atoms with Crippen molar-refractivity contribution in [3.63, 3.8) is 0 Å². The lowest BCUT2D eigenvalue weighted by atomic mass is 9.82. The highest BCUT2D eigenvalue weighted by molar-refractivity contribution is 6.35. The van der Waals surface area contributed by atoms with E-state index in [0.717, 1.165) is 17.7 Å². The zero-order chi connectivity index (χ0) is 16.3. The van der Waals surface area contributed by atoms with Crippen LogP contribution < -0.4 is 10.1 Å².